The number of anilines is 1. The molecule has 0 radical (unpaired) electrons. The van der Waals surface area contributed by atoms with Crippen LogP contribution in [0.15, 0.2) is 11.1 Å². The minimum Gasteiger partial charge on any atom is -0.377 e. The van der Waals surface area contributed by atoms with E-state index in [4.69, 9.17) is 10.5 Å². The number of aryl methyl sites for hydroxylation is 1. The minimum atomic E-state index is 0.279. The molecular weight excluding hydrogens is 266 g/mol. The molecule has 0 aliphatic carbocycles. The predicted molar refractivity (Wildman–Crippen MR) is 76.2 cm³/mol. The standard InChI is InChI=1S/C12H15N3OS2/c1-6-5-8-10(17-6)14-12(13)15-11(8)18-9-3-4-16-7(9)2/h5,7,9H,3-4H2,1-2H3,(H2,13,14,15). The molecule has 1 aliphatic rings. The van der Waals surface area contributed by atoms with Crippen molar-refractivity contribution in [1.82, 2.24) is 9.97 Å². The van der Waals surface area contributed by atoms with Gasteiger partial charge < -0.3 is 10.5 Å². The Hall–Kier alpha value is -0.850. The van der Waals surface area contributed by atoms with Crippen molar-refractivity contribution in [1.29, 1.82) is 0 Å². The molecule has 6 heteroatoms. The van der Waals surface area contributed by atoms with E-state index in [1.54, 1.807) is 23.1 Å². The van der Waals surface area contributed by atoms with Crippen molar-refractivity contribution < 1.29 is 4.74 Å². The van der Waals surface area contributed by atoms with Crippen LogP contribution in [0.25, 0.3) is 10.2 Å². The topological polar surface area (TPSA) is 61.0 Å². The summed E-state index contributed by atoms with van der Waals surface area (Å²) in [6.07, 6.45) is 1.35. The van der Waals surface area contributed by atoms with Gasteiger partial charge in [0, 0.05) is 22.1 Å². The Balaban J connectivity index is 1.99. The van der Waals surface area contributed by atoms with Gasteiger partial charge in [0.15, 0.2) is 0 Å². The van der Waals surface area contributed by atoms with Gasteiger partial charge in [-0.05, 0) is 26.3 Å². The number of aromatic nitrogens is 2. The Bertz CT molecular complexity index is 584. The summed E-state index contributed by atoms with van der Waals surface area (Å²) < 4.78 is 5.59. The first-order valence-corrected chi connectivity index (χ1v) is 7.65. The molecule has 2 unspecified atom stereocenters. The van der Waals surface area contributed by atoms with Gasteiger partial charge in [-0.15, -0.1) is 11.3 Å². The van der Waals surface area contributed by atoms with Gasteiger partial charge in [0.25, 0.3) is 0 Å². The van der Waals surface area contributed by atoms with E-state index in [1.807, 2.05) is 0 Å². The third-order valence-electron chi connectivity index (χ3n) is 3.07. The summed E-state index contributed by atoms with van der Waals surface area (Å²) in [6, 6.07) is 2.14. The van der Waals surface area contributed by atoms with Crippen LogP contribution in [0.2, 0.25) is 0 Å². The Kier molecular flexibility index (Phi) is 3.17. The van der Waals surface area contributed by atoms with Gasteiger partial charge in [-0.25, -0.2) is 9.97 Å². The molecule has 0 spiro atoms. The second-order valence-corrected chi connectivity index (χ2v) is 6.95. The van der Waals surface area contributed by atoms with Crippen molar-refractivity contribution in [3.8, 4) is 0 Å². The molecule has 0 bridgehead atoms. The molecule has 2 aromatic rings. The molecule has 1 aliphatic heterocycles. The van der Waals surface area contributed by atoms with E-state index in [2.05, 4.69) is 29.9 Å². The summed E-state index contributed by atoms with van der Waals surface area (Å²) in [5.41, 5.74) is 5.78. The van der Waals surface area contributed by atoms with Gasteiger partial charge in [-0.3, -0.25) is 0 Å². The van der Waals surface area contributed by atoms with Crippen LogP contribution in [0.3, 0.4) is 0 Å². The van der Waals surface area contributed by atoms with Crippen LogP contribution < -0.4 is 5.73 Å². The Morgan fingerprint density at radius 1 is 1.50 bits per heavy atom. The average Bonchev–Trinajstić information content (AvgIpc) is 2.85. The second kappa shape index (κ2) is 4.68. The van der Waals surface area contributed by atoms with Crippen LogP contribution in [0.1, 0.15) is 18.2 Å². The van der Waals surface area contributed by atoms with Crippen molar-refractivity contribution >= 4 is 39.3 Å². The Morgan fingerprint density at radius 3 is 3.06 bits per heavy atom. The molecule has 2 atom stereocenters. The molecule has 1 saturated heterocycles. The van der Waals surface area contributed by atoms with Crippen LogP contribution >= 0.6 is 23.1 Å². The van der Waals surface area contributed by atoms with Crippen molar-refractivity contribution in [3.63, 3.8) is 0 Å². The van der Waals surface area contributed by atoms with Gasteiger partial charge in [0.05, 0.1) is 6.10 Å². The smallest absolute Gasteiger partial charge is 0.222 e. The summed E-state index contributed by atoms with van der Waals surface area (Å²) in [5, 5.41) is 2.57. The highest BCUT2D eigenvalue weighted by Gasteiger charge is 2.26. The van der Waals surface area contributed by atoms with Gasteiger partial charge in [-0.1, -0.05) is 11.8 Å². The van der Waals surface area contributed by atoms with Crippen molar-refractivity contribution in [2.75, 3.05) is 12.3 Å². The third kappa shape index (κ3) is 2.20. The molecular formula is C12H15N3OS2. The highest BCUT2D eigenvalue weighted by molar-refractivity contribution is 8.00. The van der Waals surface area contributed by atoms with Gasteiger partial charge in [0.1, 0.15) is 9.86 Å². The first kappa shape index (κ1) is 12.2. The fraction of sp³-hybridized carbons (Fsp3) is 0.500. The van der Waals surface area contributed by atoms with Crippen molar-refractivity contribution in [3.05, 3.63) is 10.9 Å². The first-order chi connectivity index (χ1) is 8.63. The first-order valence-electron chi connectivity index (χ1n) is 5.95. The van der Waals surface area contributed by atoms with Crippen molar-refractivity contribution in [2.45, 2.75) is 36.6 Å². The Labute approximate surface area is 114 Å². The maximum atomic E-state index is 5.78. The number of ether oxygens (including phenoxy) is 1. The van der Waals surface area contributed by atoms with E-state index < -0.39 is 0 Å². The van der Waals surface area contributed by atoms with E-state index in [9.17, 15) is 0 Å². The molecule has 2 N–H and O–H groups in total. The summed E-state index contributed by atoms with van der Waals surface area (Å²) in [4.78, 5) is 10.9. The van der Waals surface area contributed by atoms with Crippen LogP contribution in [0, 0.1) is 6.92 Å². The SMILES string of the molecule is Cc1cc2c(SC3CCOC3C)nc(N)nc2s1. The third-order valence-corrected chi connectivity index (χ3v) is 5.47. The molecule has 4 nitrogen and oxygen atoms in total. The van der Waals surface area contributed by atoms with E-state index >= 15 is 0 Å². The maximum Gasteiger partial charge on any atom is 0.222 e. The zero-order valence-electron chi connectivity index (χ0n) is 10.3. The number of fused-ring (bicyclic) bond motifs is 1. The van der Waals surface area contributed by atoms with Gasteiger partial charge in [0.2, 0.25) is 5.95 Å². The van der Waals surface area contributed by atoms with E-state index in [0.29, 0.717) is 11.2 Å². The molecule has 1 fully saturated rings. The molecule has 0 saturated carbocycles. The number of nitrogens with two attached hydrogens (primary N) is 1. The molecule has 3 heterocycles. The number of nitrogen functional groups attached to an aromatic ring is 1. The molecule has 96 valence electrons. The number of nitrogens with zero attached hydrogens (tertiary/aromatic N) is 2. The monoisotopic (exact) mass is 281 g/mol. The molecule has 0 amide bonds. The molecule has 2 aromatic heterocycles. The zero-order valence-corrected chi connectivity index (χ0v) is 12.0. The summed E-state index contributed by atoms with van der Waals surface area (Å²) in [5.74, 6) is 0.360. The predicted octanol–water partition coefficient (Wildman–Crippen LogP) is 2.85. The number of thiophene rings is 1. The fourth-order valence-corrected chi connectivity index (χ4v) is 4.28. The van der Waals surface area contributed by atoms with Crippen molar-refractivity contribution in [2.24, 2.45) is 0 Å². The Morgan fingerprint density at radius 2 is 2.33 bits per heavy atom. The van der Waals surface area contributed by atoms with E-state index in [1.165, 1.54) is 4.88 Å². The molecule has 0 aromatic carbocycles. The lowest BCUT2D eigenvalue weighted by molar-refractivity contribution is 0.127. The number of hydrogen-bond donors (Lipinski definition) is 1. The summed E-state index contributed by atoms with van der Waals surface area (Å²) in [6.45, 7) is 5.04. The van der Waals surface area contributed by atoms with Crippen LogP contribution in [-0.2, 0) is 4.74 Å². The highest BCUT2D eigenvalue weighted by Crippen LogP contribution is 2.37. The summed E-state index contributed by atoms with van der Waals surface area (Å²) >= 11 is 3.43. The normalized spacial score (nSPS) is 23.9. The highest BCUT2D eigenvalue weighted by atomic mass is 32.2. The molecule has 3 rings (SSSR count). The largest absolute Gasteiger partial charge is 0.377 e. The number of rotatable bonds is 2. The summed E-state index contributed by atoms with van der Waals surface area (Å²) in [7, 11) is 0. The van der Waals surface area contributed by atoms with Gasteiger partial charge >= 0.3 is 0 Å². The molecule has 18 heavy (non-hydrogen) atoms. The fourth-order valence-electron chi connectivity index (χ4n) is 2.13. The lowest BCUT2D eigenvalue weighted by Gasteiger charge is -2.13. The van der Waals surface area contributed by atoms with Crippen LogP contribution in [-0.4, -0.2) is 27.9 Å². The minimum absolute atomic E-state index is 0.279. The lowest BCUT2D eigenvalue weighted by atomic mass is 10.3. The second-order valence-electron chi connectivity index (χ2n) is 4.48. The lowest BCUT2D eigenvalue weighted by Crippen LogP contribution is -2.13. The van der Waals surface area contributed by atoms with Crippen LogP contribution in [0.4, 0.5) is 5.95 Å². The van der Waals surface area contributed by atoms with Crippen LogP contribution in [0.5, 0.6) is 0 Å². The average molecular weight is 281 g/mol. The van der Waals surface area contributed by atoms with E-state index in [-0.39, 0.29) is 6.10 Å². The van der Waals surface area contributed by atoms with E-state index in [0.717, 1.165) is 28.3 Å². The zero-order chi connectivity index (χ0) is 12.7. The quantitative estimate of drug-likeness (QED) is 0.858. The number of hydrogen-bond acceptors (Lipinski definition) is 6. The maximum absolute atomic E-state index is 5.78. The van der Waals surface area contributed by atoms with Gasteiger partial charge in [-0.2, -0.15) is 0 Å². The number of thioether (sulfide) groups is 1.